The molecule has 3 amide bonds. The van der Waals surface area contributed by atoms with E-state index in [0.717, 1.165) is 11.4 Å². The molecule has 0 spiro atoms. The van der Waals surface area contributed by atoms with Crippen LogP contribution in [0.4, 0.5) is 10.5 Å². The highest BCUT2D eigenvalue weighted by atomic mass is 16.5. The van der Waals surface area contributed by atoms with Gasteiger partial charge >= 0.3 is 6.03 Å². The summed E-state index contributed by atoms with van der Waals surface area (Å²) in [6.07, 6.45) is 0. The number of nitrogens with zero attached hydrogens (tertiary/aromatic N) is 1. The Morgan fingerprint density at radius 2 is 2.00 bits per heavy atom. The molecule has 1 heterocycles. The van der Waals surface area contributed by atoms with Crippen molar-refractivity contribution < 1.29 is 14.3 Å². The number of anilines is 1. The van der Waals surface area contributed by atoms with Crippen molar-refractivity contribution in [2.45, 2.75) is 13.8 Å². The number of nitrogens with one attached hydrogen (secondary N) is 1. The summed E-state index contributed by atoms with van der Waals surface area (Å²) in [6, 6.07) is 6.88. The van der Waals surface area contributed by atoms with Crippen molar-refractivity contribution in [3.8, 4) is 5.75 Å². The molecule has 1 fully saturated rings. The monoisotopic (exact) mass is 248 g/mol. The summed E-state index contributed by atoms with van der Waals surface area (Å²) in [4.78, 5) is 24.6. The average molecular weight is 248 g/mol. The van der Waals surface area contributed by atoms with E-state index < -0.39 is 0 Å². The number of amides is 3. The van der Waals surface area contributed by atoms with Crippen molar-refractivity contribution >= 4 is 17.6 Å². The van der Waals surface area contributed by atoms with Crippen LogP contribution in [0.3, 0.4) is 0 Å². The minimum Gasteiger partial charge on any atom is -0.494 e. The molecular weight excluding hydrogens is 232 g/mol. The minimum absolute atomic E-state index is 0.200. The lowest BCUT2D eigenvalue weighted by Gasteiger charge is -2.30. The molecule has 5 nitrogen and oxygen atoms in total. The van der Waals surface area contributed by atoms with Crippen molar-refractivity contribution in [3.63, 3.8) is 0 Å². The summed E-state index contributed by atoms with van der Waals surface area (Å²) in [6.45, 7) is 4.72. The van der Waals surface area contributed by atoms with Crippen LogP contribution in [0, 0.1) is 5.92 Å². The Morgan fingerprint density at radius 3 is 2.61 bits per heavy atom. The Labute approximate surface area is 106 Å². The number of carbonyl (C=O) groups is 2. The highest BCUT2D eigenvalue weighted by Gasteiger charge is 2.29. The van der Waals surface area contributed by atoms with Gasteiger partial charge in [0.25, 0.3) is 0 Å². The van der Waals surface area contributed by atoms with Crippen LogP contribution in [0.25, 0.3) is 0 Å². The largest absolute Gasteiger partial charge is 0.494 e. The van der Waals surface area contributed by atoms with Crippen molar-refractivity contribution in [3.05, 3.63) is 24.3 Å². The highest BCUT2D eigenvalue weighted by Crippen LogP contribution is 2.22. The summed E-state index contributed by atoms with van der Waals surface area (Å²) in [7, 11) is 0. The van der Waals surface area contributed by atoms with E-state index in [2.05, 4.69) is 5.32 Å². The fraction of sp³-hybridized carbons (Fsp3) is 0.385. The third-order valence-electron chi connectivity index (χ3n) is 2.84. The smallest absolute Gasteiger partial charge is 0.328 e. The van der Waals surface area contributed by atoms with Crippen LogP contribution < -0.4 is 15.0 Å². The van der Waals surface area contributed by atoms with Crippen LogP contribution in [0.1, 0.15) is 13.8 Å². The third kappa shape index (κ3) is 2.45. The minimum atomic E-state index is -0.373. The summed E-state index contributed by atoms with van der Waals surface area (Å²) < 4.78 is 5.34. The lowest BCUT2D eigenvalue weighted by molar-refractivity contribution is -0.123. The van der Waals surface area contributed by atoms with Crippen molar-refractivity contribution in [1.82, 2.24) is 5.32 Å². The normalized spacial score (nSPS) is 19.7. The zero-order valence-corrected chi connectivity index (χ0v) is 10.5. The molecule has 18 heavy (non-hydrogen) atoms. The molecule has 1 aromatic rings. The molecule has 1 N–H and O–H groups in total. The summed E-state index contributed by atoms with van der Waals surface area (Å²) in [5, 5.41) is 2.33. The molecule has 1 unspecified atom stereocenters. The average Bonchev–Trinajstić information content (AvgIpc) is 2.35. The number of ether oxygens (including phenoxy) is 1. The van der Waals surface area contributed by atoms with Crippen LogP contribution in [0.15, 0.2) is 24.3 Å². The van der Waals surface area contributed by atoms with Crippen LogP contribution in [0.5, 0.6) is 5.75 Å². The molecular formula is C13H16N2O3. The Balaban J connectivity index is 2.15. The Kier molecular flexibility index (Phi) is 3.50. The first-order valence-electron chi connectivity index (χ1n) is 5.97. The molecule has 0 saturated carbocycles. The zero-order valence-electron chi connectivity index (χ0n) is 10.5. The summed E-state index contributed by atoms with van der Waals surface area (Å²) in [5.41, 5.74) is 0.760. The van der Waals surface area contributed by atoms with Crippen molar-refractivity contribution in [2.75, 3.05) is 18.1 Å². The predicted molar refractivity (Wildman–Crippen MR) is 67.7 cm³/mol. The number of benzene rings is 1. The Morgan fingerprint density at radius 1 is 1.33 bits per heavy atom. The SMILES string of the molecule is CCOc1ccc(N2CC(C)C(=O)NC2=O)cc1. The van der Waals surface area contributed by atoms with Gasteiger partial charge in [-0.2, -0.15) is 0 Å². The fourth-order valence-corrected chi connectivity index (χ4v) is 1.85. The summed E-state index contributed by atoms with van der Waals surface area (Å²) >= 11 is 0. The second-order valence-electron chi connectivity index (χ2n) is 4.23. The van der Waals surface area contributed by atoms with E-state index in [0.29, 0.717) is 13.2 Å². The van der Waals surface area contributed by atoms with E-state index in [4.69, 9.17) is 4.74 Å². The number of urea groups is 1. The van der Waals surface area contributed by atoms with Crippen LogP contribution in [-0.2, 0) is 4.79 Å². The second-order valence-corrected chi connectivity index (χ2v) is 4.23. The van der Waals surface area contributed by atoms with E-state index in [1.165, 1.54) is 0 Å². The molecule has 96 valence electrons. The van der Waals surface area contributed by atoms with Gasteiger partial charge in [0.1, 0.15) is 5.75 Å². The molecule has 5 heteroatoms. The maximum absolute atomic E-state index is 11.7. The van der Waals surface area contributed by atoms with Gasteiger partial charge in [0, 0.05) is 12.2 Å². The van der Waals surface area contributed by atoms with Gasteiger partial charge in [-0.3, -0.25) is 15.0 Å². The maximum Gasteiger partial charge on any atom is 0.328 e. The second kappa shape index (κ2) is 5.08. The van der Waals surface area contributed by atoms with E-state index >= 15 is 0 Å². The first-order valence-corrected chi connectivity index (χ1v) is 5.97. The molecule has 1 atom stereocenters. The number of hydrogen-bond acceptors (Lipinski definition) is 3. The quantitative estimate of drug-likeness (QED) is 0.887. The molecule has 0 bridgehead atoms. The van der Waals surface area contributed by atoms with E-state index in [9.17, 15) is 9.59 Å². The molecule has 1 saturated heterocycles. The van der Waals surface area contributed by atoms with Gasteiger partial charge in [-0.1, -0.05) is 6.92 Å². The number of imide groups is 1. The first-order chi connectivity index (χ1) is 8.61. The molecule has 0 aromatic heterocycles. The molecule has 0 aliphatic carbocycles. The molecule has 1 aliphatic rings. The Bertz CT molecular complexity index is 456. The van der Waals surface area contributed by atoms with Gasteiger partial charge in [-0.15, -0.1) is 0 Å². The van der Waals surface area contributed by atoms with Gasteiger partial charge in [0.05, 0.1) is 12.5 Å². The van der Waals surface area contributed by atoms with Crippen LogP contribution in [-0.4, -0.2) is 25.1 Å². The van der Waals surface area contributed by atoms with Gasteiger partial charge in [0.2, 0.25) is 5.91 Å². The predicted octanol–water partition coefficient (Wildman–Crippen LogP) is 1.78. The van der Waals surface area contributed by atoms with E-state index in [1.807, 2.05) is 31.2 Å². The molecule has 1 aromatic carbocycles. The van der Waals surface area contributed by atoms with E-state index in [-0.39, 0.29) is 17.9 Å². The van der Waals surface area contributed by atoms with Crippen molar-refractivity contribution in [1.29, 1.82) is 0 Å². The van der Waals surface area contributed by atoms with Gasteiger partial charge in [-0.05, 0) is 31.2 Å². The lowest BCUT2D eigenvalue weighted by atomic mass is 10.1. The first kappa shape index (κ1) is 12.4. The molecule has 2 rings (SSSR count). The van der Waals surface area contributed by atoms with Crippen molar-refractivity contribution in [2.24, 2.45) is 5.92 Å². The highest BCUT2D eigenvalue weighted by molar-refractivity contribution is 6.06. The van der Waals surface area contributed by atoms with Gasteiger partial charge < -0.3 is 4.74 Å². The van der Waals surface area contributed by atoms with Gasteiger partial charge in [0.15, 0.2) is 0 Å². The Hall–Kier alpha value is -2.04. The van der Waals surface area contributed by atoms with Crippen LogP contribution in [0.2, 0.25) is 0 Å². The standard InChI is InChI=1S/C13H16N2O3/c1-3-18-11-6-4-10(5-7-11)15-8-9(2)12(16)14-13(15)17/h4-7,9H,3,8H2,1-2H3,(H,14,16,17). The molecule has 1 aliphatic heterocycles. The van der Waals surface area contributed by atoms with E-state index in [1.54, 1.807) is 11.8 Å². The van der Waals surface area contributed by atoms with Gasteiger partial charge in [-0.25, -0.2) is 4.79 Å². The zero-order chi connectivity index (χ0) is 13.1. The lowest BCUT2D eigenvalue weighted by Crippen LogP contribution is -2.53. The maximum atomic E-state index is 11.7. The number of carbonyl (C=O) groups excluding carboxylic acids is 2. The van der Waals surface area contributed by atoms with Crippen LogP contribution >= 0.6 is 0 Å². The third-order valence-corrected chi connectivity index (χ3v) is 2.84. The summed E-state index contributed by atoms with van der Waals surface area (Å²) in [5.74, 6) is 0.347. The fourth-order valence-electron chi connectivity index (χ4n) is 1.85. The number of rotatable bonds is 3. The topological polar surface area (TPSA) is 58.6 Å². The molecule has 0 radical (unpaired) electrons. The number of hydrogen-bond donors (Lipinski definition) is 1.